The van der Waals surface area contributed by atoms with Crippen molar-refractivity contribution < 1.29 is 19.4 Å². The quantitative estimate of drug-likeness (QED) is 0.875. The molecule has 0 unspecified atom stereocenters. The van der Waals surface area contributed by atoms with Gasteiger partial charge in [0.2, 0.25) is 0 Å². The van der Waals surface area contributed by atoms with Gasteiger partial charge in [-0.05, 0) is 31.0 Å². The number of carboxylic acid groups (broad SMARTS) is 1. The molecule has 1 saturated carbocycles. The summed E-state index contributed by atoms with van der Waals surface area (Å²) in [5, 5.41) is 12.0. The summed E-state index contributed by atoms with van der Waals surface area (Å²) in [6.07, 6.45) is 4.31. The Bertz CT molecular complexity index is 512. The van der Waals surface area contributed by atoms with Gasteiger partial charge in [-0.3, -0.25) is 4.79 Å². The van der Waals surface area contributed by atoms with E-state index in [2.05, 4.69) is 5.32 Å². The van der Waals surface area contributed by atoms with Crippen LogP contribution in [-0.2, 0) is 4.79 Å². The summed E-state index contributed by atoms with van der Waals surface area (Å²) < 4.78 is 5.29. The number of carbonyl (C=O) groups is 2. The van der Waals surface area contributed by atoms with Crippen molar-refractivity contribution in [1.82, 2.24) is 5.32 Å². The maximum atomic E-state index is 11.7. The van der Waals surface area contributed by atoms with E-state index in [1.165, 1.54) is 18.2 Å². The van der Waals surface area contributed by atoms with E-state index < -0.39 is 5.97 Å². The van der Waals surface area contributed by atoms with E-state index in [1.807, 2.05) is 0 Å². The van der Waals surface area contributed by atoms with E-state index in [9.17, 15) is 9.59 Å². The molecule has 6 heteroatoms. The molecule has 0 spiro atoms. The highest BCUT2D eigenvalue weighted by Crippen LogP contribution is 2.22. The van der Waals surface area contributed by atoms with Gasteiger partial charge in [-0.25, -0.2) is 4.79 Å². The second-order valence-electron chi connectivity index (χ2n) is 4.78. The highest BCUT2D eigenvalue weighted by atomic mass is 35.5. The molecule has 0 radical (unpaired) electrons. The average Bonchev–Trinajstić information content (AvgIpc) is 2.90. The monoisotopic (exact) mass is 297 g/mol. The van der Waals surface area contributed by atoms with E-state index in [-0.39, 0.29) is 29.1 Å². The Hall–Kier alpha value is -1.75. The largest absolute Gasteiger partial charge is 0.484 e. The molecule has 108 valence electrons. The zero-order valence-corrected chi connectivity index (χ0v) is 11.7. The predicted octanol–water partition coefficient (Wildman–Crippen LogP) is 2.48. The van der Waals surface area contributed by atoms with Crippen LogP contribution in [0.2, 0.25) is 5.02 Å². The number of carboxylic acids is 1. The SMILES string of the molecule is O=C(COc1ccc(Cl)c(C(=O)O)c1)NC1CCCC1. The second kappa shape index (κ2) is 6.61. The lowest BCUT2D eigenvalue weighted by molar-refractivity contribution is -0.123. The maximum Gasteiger partial charge on any atom is 0.337 e. The van der Waals surface area contributed by atoms with Crippen molar-refractivity contribution in [3.8, 4) is 5.75 Å². The van der Waals surface area contributed by atoms with Crippen molar-refractivity contribution >= 4 is 23.5 Å². The first-order chi connectivity index (χ1) is 9.56. The molecular formula is C14H16ClNO4. The Morgan fingerprint density at radius 1 is 1.35 bits per heavy atom. The van der Waals surface area contributed by atoms with Gasteiger partial charge in [0.15, 0.2) is 6.61 Å². The molecule has 2 rings (SSSR count). The lowest BCUT2D eigenvalue weighted by Gasteiger charge is -2.12. The van der Waals surface area contributed by atoms with Gasteiger partial charge in [-0.1, -0.05) is 24.4 Å². The highest BCUT2D eigenvalue weighted by Gasteiger charge is 2.17. The fourth-order valence-corrected chi connectivity index (χ4v) is 2.44. The van der Waals surface area contributed by atoms with Gasteiger partial charge in [-0.15, -0.1) is 0 Å². The van der Waals surface area contributed by atoms with Crippen LogP contribution in [0, 0.1) is 0 Å². The summed E-state index contributed by atoms with van der Waals surface area (Å²) in [5.74, 6) is -1.01. The van der Waals surface area contributed by atoms with Crippen LogP contribution in [-0.4, -0.2) is 29.6 Å². The van der Waals surface area contributed by atoms with Gasteiger partial charge in [-0.2, -0.15) is 0 Å². The van der Waals surface area contributed by atoms with Gasteiger partial charge in [0, 0.05) is 6.04 Å². The molecule has 0 heterocycles. The standard InChI is InChI=1S/C14H16ClNO4/c15-12-6-5-10(7-11(12)14(18)19)20-8-13(17)16-9-3-1-2-4-9/h5-7,9H,1-4,8H2,(H,16,17)(H,18,19). The van der Waals surface area contributed by atoms with E-state index in [0.29, 0.717) is 5.75 Å². The van der Waals surface area contributed by atoms with Gasteiger partial charge in [0.25, 0.3) is 5.91 Å². The lowest BCUT2D eigenvalue weighted by atomic mass is 10.2. The fourth-order valence-electron chi connectivity index (χ4n) is 2.25. The Kier molecular flexibility index (Phi) is 4.84. The number of hydrogen-bond donors (Lipinski definition) is 2. The number of carbonyl (C=O) groups excluding carboxylic acids is 1. The van der Waals surface area contributed by atoms with E-state index in [4.69, 9.17) is 21.4 Å². The fraction of sp³-hybridized carbons (Fsp3) is 0.429. The molecule has 2 N–H and O–H groups in total. The normalized spacial score (nSPS) is 15.1. The molecule has 5 nitrogen and oxygen atoms in total. The first-order valence-corrected chi connectivity index (χ1v) is 6.89. The summed E-state index contributed by atoms with van der Waals surface area (Å²) in [4.78, 5) is 22.6. The first-order valence-electron chi connectivity index (χ1n) is 6.51. The summed E-state index contributed by atoms with van der Waals surface area (Å²) in [6.45, 7) is -0.128. The average molecular weight is 298 g/mol. The van der Waals surface area contributed by atoms with E-state index in [1.54, 1.807) is 0 Å². The second-order valence-corrected chi connectivity index (χ2v) is 5.19. The van der Waals surface area contributed by atoms with Crippen molar-refractivity contribution in [3.63, 3.8) is 0 Å². The van der Waals surface area contributed by atoms with Crippen LogP contribution in [0.25, 0.3) is 0 Å². The van der Waals surface area contributed by atoms with Crippen molar-refractivity contribution in [2.24, 2.45) is 0 Å². The van der Waals surface area contributed by atoms with Crippen molar-refractivity contribution in [3.05, 3.63) is 28.8 Å². The number of hydrogen-bond acceptors (Lipinski definition) is 3. The third kappa shape index (κ3) is 3.87. The molecule has 0 atom stereocenters. The number of aromatic carboxylic acids is 1. The summed E-state index contributed by atoms with van der Waals surface area (Å²) in [7, 11) is 0. The third-order valence-electron chi connectivity index (χ3n) is 3.26. The number of rotatable bonds is 5. The highest BCUT2D eigenvalue weighted by molar-refractivity contribution is 6.33. The number of amides is 1. The predicted molar refractivity (Wildman–Crippen MR) is 74.3 cm³/mol. The van der Waals surface area contributed by atoms with Crippen LogP contribution >= 0.6 is 11.6 Å². The smallest absolute Gasteiger partial charge is 0.337 e. The maximum absolute atomic E-state index is 11.7. The molecule has 0 saturated heterocycles. The lowest BCUT2D eigenvalue weighted by Crippen LogP contribution is -2.36. The van der Waals surface area contributed by atoms with E-state index >= 15 is 0 Å². The minimum Gasteiger partial charge on any atom is -0.484 e. The minimum atomic E-state index is -1.13. The molecule has 0 aliphatic heterocycles. The number of ether oxygens (including phenoxy) is 1. The molecule has 0 bridgehead atoms. The van der Waals surface area contributed by atoms with Crippen LogP contribution in [0.4, 0.5) is 0 Å². The summed E-state index contributed by atoms with van der Waals surface area (Å²) in [6, 6.07) is 4.53. The molecular weight excluding hydrogens is 282 g/mol. The minimum absolute atomic E-state index is 0.0413. The van der Waals surface area contributed by atoms with Gasteiger partial charge in [0.05, 0.1) is 10.6 Å². The van der Waals surface area contributed by atoms with Crippen molar-refractivity contribution in [2.45, 2.75) is 31.7 Å². The zero-order chi connectivity index (χ0) is 14.5. The Labute approximate surface area is 121 Å². The van der Waals surface area contributed by atoms with Gasteiger partial charge in [0.1, 0.15) is 5.75 Å². The Morgan fingerprint density at radius 2 is 2.05 bits per heavy atom. The Balaban J connectivity index is 1.88. The first kappa shape index (κ1) is 14.7. The van der Waals surface area contributed by atoms with Crippen LogP contribution in [0.15, 0.2) is 18.2 Å². The zero-order valence-electron chi connectivity index (χ0n) is 10.9. The van der Waals surface area contributed by atoms with Crippen LogP contribution in [0.5, 0.6) is 5.75 Å². The van der Waals surface area contributed by atoms with Crippen molar-refractivity contribution in [1.29, 1.82) is 0 Å². The molecule has 1 aliphatic rings. The Morgan fingerprint density at radius 3 is 2.70 bits per heavy atom. The molecule has 1 fully saturated rings. The molecule has 20 heavy (non-hydrogen) atoms. The van der Waals surface area contributed by atoms with Gasteiger partial charge < -0.3 is 15.2 Å². The topological polar surface area (TPSA) is 75.6 Å². The molecule has 1 aliphatic carbocycles. The van der Waals surface area contributed by atoms with Crippen molar-refractivity contribution in [2.75, 3.05) is 6.61 Å². The van der Waals surface area contributed by atoms with Crippen LogP contribution in [0.3, 0.4) is 0 Å². The number of benzene rings is 1. The van der Waals surface area contributed by atoms with Crippen LogP contribution in [0.1, 0.15) is 36.0 Å². The van der Waals surface area contributed by atoms with E-state index in [0.717, 1.165) is 25.7 Å². The molecule has 1 amide bonds. The third-order valence-corrected chi connectivity index (χ3v) is 3.59. The summed E-state index contributed by atoms with van der Waals surface area (Å²) in [5.41, 5.74) is -0.0413. The molecule has 1 aromatic rings. The molecule has 0 aromatic heterocycles. The number of halogens is 1. The van der Waals surface area contributed by atoms with Gasteiger partial charge >= 0.3 is 5.97 Å². The summed E-state index contributed by atoms with van der Waals surface area (Å²) >= 11 is 5.75. The molecule has 1 aromatic carbocycles. The van der Waals surface area contributed by atoms with Crippen LogP contribution < -0.4 is 10.1 Å². The number of nitrogens with one attached hydrogen (secondary N) is 1.